The molecule has 2 heterocycles. The molecule has 86 valence electrons. The lowest BCUT2D eigenvalue weighted by Crippen LogP contribution is -2.37. The van der Waals surface area contributed by atoms with Crippen LogP contribution in [-0.2, 0) is 16.8 Å². The molecule has 0 aliphatic carbocycles. The van der Waals surface area contributed by atoms with E-state index in [-0.39, 0.29) is 5.60 Å². The number of nitrogens with one attached hydrogen (secondary N) is 1. The Morgan fingerprint density at radius 3 is 3.00 bits per heavy atom. The van der Waals surface area contributed by atoms with E-state index in [9.17, 15) is 0 Å². The first-order chi connectivity index (χ1) is 7.73. The van der Waals surface area contributed by atoms with Crippen LogP contribution in [-0.4, -0.2) is 19.2 Å². The smallest absolute Gasteiger partial charge is 0.107 e. The number of halogens is 1. The van der Waals surface area contributed by atoms with E-state index in [1.165, 1.54) is 11.1 Å². The molecule has 0 saturated carbocycles. The number of fused-ring (bicyclic) bond motifs is 2. The summed E-state index contributed by atoms with van der Waals surface area (Å²) in [4.78, 5) is 0. The molecule has 2 saturated heterocycles. The molecule has 0 spiro atoms. The van der Waals surface area contributed by atoms with Gasteiger partial charge in [0.05, 0.1) is 6.61 Å². The maximum absolute atomic E-state index is 6.15. The average Bonchev–Trinajstić information content (AvgIpc) is 2.90. The molecule has 1 N–H and O–H groups in total. The predicted octanol–water partition coefficient (Wildman–Crippen LogP) is 2.49. The van der Waals surface area contributed by atoms with Gasteiger partial charge in [-0.3, -0.25) is 0 Å². The summed E-state index contributed by atoms with van der Waals surface area (Å²) in [6, 6.07) is 6.86. The van der Waals surface area contributed by atoms with Gasteiger partial charge in [-0.1, -0.05) is 30.7 Å². The molecule has 2 fully saturated rings. The van der Waals surface area contributed by atoms with Gasteiger partial charge < -0.3 is 10.1 Å². The minimum absolute atomic E-state index is 0.0842. The van der Waals surface area contributed by atoms with Crippen LogP contribution in [0.15, 0.2) is 18.2 Å². The zero-order valence-electron chi connectivity index (χ0n) is 9.42. The van der Waals surface area contributed by atoms with Crippen LogP contribution >= 0.6 is 11.6 Å². The van der Waals surface area contributed by atoms with E-state index in [0.717, 1.165) is 31.0 Å². The monoisotopic (exact) mass is 237 g/mol. The highest BCUT2D eigenvalue weighted by molar-refractivity contribution is 6.31. The summed E-state index contributed by atoms with van der Waals surface area (Å²) in [6.07, 6.45) is 2.07. The first kappa shape index (κ1) is 10.6. The fourth-order valence-corrected chi connectivity index (χ4v) is 3.02. The summed E-state index contributed by atoms with van der Waals surface area (Å²) in [5, 5.41) is 4.35. The number of ether oxygens (including phenoxy) is 1. The van der Waals surface area contributed by atoms with Gasteiger partial charge >= 0.3 is 0 Å². The Labute approximate surface area is 101 Å². The quantitative estimate of drug-likeness (QED) is 0.854. The van der Waals surface area contributed by atoms with Gasteiger partial charge in [-0.2, -0.15) is 0 Å². The van der Waals surface area contributed by atoms with Gasteiger partial charge in [0.1, 0.15) is 5.60 Å². The van der Waals surface area contributed by atoms with Crippen molar-refractivity contribution in [3.8, 4) is 0 Å². The van der Waals surface area contributed by atoms with Gasteiger partial charge in [0, 0.05) is 17.6 Å². The third-order valence-corrected chi connectivity index (χ3v) is 4.13. The SMILES string of the molecule is CCc1cc(C23CNC(CO2)C3)ccc1Cl. The zero-order chi connectivity index (χ0) is 11.2. The highest BCUT2D eigenvalue weighted by Gasteiger charge is 2.47. The fourth-order valence-electron chi connectivity index (χ4n) is 2.77. The Balaban J connectivity index is 2.00. The number of aryl methyl sites for hydroxylation is 1. The Morgan fingerprint density at radius 2 is 2.44 bits per heavy atom. The van der Waals surface area contributed by atoms with Crippen molar-refractivity contribution < 1.29 is 4.74 Å². The van der Waals surface area contributed by atoms with Crippen LogP contribution in [0.3, 0.4) is 0 Å². The third kappa shape index (κ3) is 1.48. The molecule has 2 atom stereocenters. The number of morpholine rings is 1. The van der Waals surface area contributed by atoms with Crippen LogP contribution < -0.4 is 5.32 Å². The molecule has 3 rings (SSSR count). The van der Waals surface area contributed by atoms with Gasteiger partial charge in [-0.25, -0.2) is 0 Å². The maximum Gasteiger partial charge on any atom is 0.107 e. The van der Waals surface area contributed by atoms with Gasteiger partial charge in [-0.15, -0.1) is 0 Å². The molecule has 2 aliphatic rings. The molecular weight excluding hydrogens is 222 g/mol. The molecule has 0 radical (unpaired) electrons. The Kier molecular flexibility index (Phi) is 2.46. The van der Waals surface area contributed by atoms with Gasteiger partial charge in [-0.05, 0) is 30.0 Å². The average molecular weight is 238 g/mol. The lowest BCUT2D eigenvalue weighted by Gasteiger charge is -2.27. The van der Waals surface area contributed by atoms with Crippen molar-refractivity contribution in [2.75, 3.05) is 13.2 Å². The van der Waals surface area contributed by atoms with Crippen molar-refractivity contribution in [2.45, 2.75) is 31.4 Å². The largest absolute Gasteiger partial charge is 0.367 e. The van der Waals surface area contributed by atoms with E-state index < -0.39 is 0 Å². The molecule has 0 amide bonds. The standard InChI is InChI=1S/C13H16ClNO/c1-2-9-5-10(3-4-12(9)14)13-6-11(7-16-13)15-8-13/h3-5,11,15H,2,6-8H2,1H3. The second kappa shape index (κ2) is 3.73. The van der Waals surface area contributed by atoms with Crippen molar-refractivity contribution in [3.63, 3.8) is 0 Å². The van der Waals surface area contributed by atoms with E-state index in [4.69, 9.17) is 16.3 Å². The van der Waals surface area contributed by atoms with E-state index in [1.54, 1.807) is 0 Å². The number of hydrogen-bond donors (Lipinski definition) is 1. The summed E-state index contributed by atoms with van der Waals surface area (Å²) in [7, 11) is 0. The Morgan fingerprint density at radius 1 is 1.56 bits per heavy atom. The predicted molar refractivity (Wildman–Crippen MR) is 64.9 cm³/mol. The van der Waals surface area contributed by atoms with Gasteiger partial charge in [0.15, 0.2) is 0 Å². The summed E-state index contributed by atoms with van der Waals surface area (Å²) in [5.41, 5.74) is 2.41. The summed E-state index contributed by atoms with van der Waals surface area (Å²) in [6.45, 7) is 3.90. The summed E-state index contributed by atoms with van der Waals surface area (Å²) >= 11 is 6.15. The van der Waals surface area contributed by atoms with Crippen LogP contribution in [0.1, 0.15) is 24.5 Å². The minimum Gasteiger partial charge on any atom is -0.367 e. The fraction of sp³-hybridized carbons (Fsp3) is 0.538. The van der Waals surface area contributed by atoms with Crippen molar-refractivity contribution in [1.29, 1.82) is 0 Å². The lowest BCUT2D eigenvalue weighted by atomic mass is 9.91. The van der Waals surface area contributed by atoms with Crippen LogP contribution in [0.2, 0.25) is 5.02 Å². The van der Waals surface area contributed by atoms with E-state index in [2.05, 4.69) is 24.4 Å². The number of hydrogen-bond acceptors (Lipinski definition) is 2. The molecule has 2 unspecified atom stereocenters. The normalized spacial score (nSPS) is 32.2. The molecule has 1 aromatic carbocycles. The molecule has 2 bridgehead atoms. The topological polar surface area (TPSA) is 21.3 Å². The van der Waals surface area contributed by atoms with Crippen molar-refractivity contribution in [3.05, 3.63) is 34.3 Å². The summed E-state index contributed by atoms with van der Waals surface area (Å²) in [5.74, 6) is 0. The van der Waals surface area contributed by atoms with Gasteiger partial charge in [0.25, 0.3) is 0 Å². The molecular formula is C13H16ClNO. The first-order valence-electron chi connectivity index (χ1n) is 5.90. The Hall–Kier alpha value is -0.570. The molecule has 1 aromatic rings. The minimum atomic E-state index is -0.0842. The van der Waals surface area contributed by atoms with Crippen LogP contribution in [0.25, 0.3) is 0 Å². The van der Waals surface area contributed by atoms with Crippen LogP contribution in [0.4, 0.5) is 0 Å². The molecule has 3 heteroatoms. The molecule has 2 nitrogen and oxygen atoms in total. The lowest BCUT2D eigenvalue weighted by molar-refractivity contribution is -0.00962. The maximum atomic E-state index is 6.15. The zero-order valence-corrected chi connectivity index (χ0v) is 10.2. The second-order valence-corrected chi connectivity index (χ2v) is 5.15. The van der Waals surface area contributed by atoms with E-state index in [0.29, 0.717) is 6.04 Å². The van der Waals surface area contributed by atoms with E-state index >= 15 is 0 Å². The molecule has 0 aromatic heterocycles. The van der Waals surface area contributed by atoms with Crippen LogP contribution in [0.5, 0.6) is 0 Å². The van der Waals surface area contributed by atoms with Crippen molar-refractivity contribution in [1.82, 2.24) is 5.32 Å². The van der Waals surface area contributed by atoms with Crippen molar-refractivity contribution in [2.24, 2.45) is 0 Å². The van der Waals surface area contributed by atoms with E-state index in [1.807, 2.05) is 6.07 Å². The van der Waals surface area contributed by atoms with Crippen molar-refractivity contribution >= 4 is 11.6 Å². The number of benzene rings is 1. The third-order valence-electron chi connectivity index (χ3n) is 3.77. The molecule has 16 heavy (non-hydrogen) atoms. The first-order valence-corrected chi connectivity index (χ1v) is 6.27. The van der Waals surface area contributed by atoms with Crippen LogP contribution in [0, 0.1) is 0 Å². The number of rotatable bonds is 2. The summed E-state index contributed by atoms with van der Waals surface area (Å²) < 4.78 is 5.96. The second-order valence-electron chi connectivity index (χ2n) is 4.75. The molecule has 2 aliphatic heterocycles. The highest BCUT2D eigenvalue weighted by atomic mass is 35.5. The Bertz CT molecular complexity index is 410. The highest BCUT2D eigenvalue weighted by Crippen LogP contribution is 2.41. The van der Waals surface area contributed by atoms with Gasteiger partial charge in [0.2, 0.25) is 0 Å².